The van der Waals surface area contributed by atoms with E-state index in [1.54, 1.807) is 12.1 Å². The first kappa shape index (κ1) is 19.0. The monoisotopic (exact) mass is 413 g/mol. The van der Waals surface area contributed by atoms with Crippen molar-refractivity contribution in [1.29, 1.82) is 0 Å². The molecule has 3 aromatic rings. The van der Waals surface area contributed by atoms with Crippen LogP contribution in [0.4, 0.5) is 0 Å². The fourth-order valence-electron chi connectivity index (χ4n) is 3.24. The van der Waals surface area contributed by atoms with Crippen LogP contribution < -0.4 is 0 Å². The number of nitrogens with zero attached hydrogens (tertiary/aromatic N) is 3. The Balaban J connectivity index is 1.57. The third-order valence-electron chi connectivity index (χ3n) is 4.71. The summed E-state index contributed by atoms with van der Waals surface area (Å²) in [7, 11) is 0. The molecule has 1 amide bonds. The van der Waals surface area contributed by atoms with Gasteiger partial charge in [0.1, 0.15) is 5.25 Å². The molecule has 0 spiro atoms. The van der Waals surface area contributed by atoms with E-state index in [-0.39, 0.29) is 5.91 Å². The van der Waals surface area contributed by atoms with Gasteiger partial charge in [0.05, 0.1) is 0 Å². The lowest BCUT2D eigenvalue weighted by molar-refractivity contribution is -0.131. The van der Waals surface area contributed by atoms with Gasteiger partial charge in [0.2, 0.25) is 11.8 Å². The predicted molar refractivity (Wildman–Crippen MR) is 110 cm³/mol. The fourth-order valence-corrected chi connectivity index (χ4v) is 4.32. The summed E-state index contributed by atoms with van der Waals surface area (Å²) in [6.07, 6.45) is 3.29. The molecule has 144 valence electrons. The lowest BCUT2D eigenvalue weighted by Crippen LogP contribution is -2.38. The lowest BCUT2D eigenvalue weighted by Gasteiger charge is -2.29. The highest BCUT2D eigenvalue weighted by molar-refractivity contribution is 8.00. The van der Waals surface area contributed by atoms with E-state index < -0.39 is 5.25 Å². The lowest BCUT2D eigenvalue weighted by atomic mass is 10.1. The molecule has 2 aromatic carbocycles. The van der Waals surface area contributed by atoms with Gasteiger partial charge < -0.3 is 9.32 Å². The Hall–Kier alpha value is -2.31. The van der Waals surface area contributed by atoms with Crippen molar-refractivity contribution in [2.75, 3.05) is 13.1 Å². The first-order chi connectivity index (χ1) is 13.7. The van der Waals surface area contributed by atoms with E-state index in [2.05, 4.69) is 10.2 Å². The van der Waals surface area contributed by atoms with E-state index in [9.17, 15) is 4.79 Å². The van der Waals surface area contributed by atoms with Gasteiger partial charge in [-0.25, -0.2) is 0 Å². The Labute approximate surface area is 173 Å². The zero-order valence-corrected chi connectivity index (χ0v) is 16.8. The van der Waals surface area contributed by atoms with E-state index in [4.69, 9.17) is 16.0 Å². The molecule has 28 heavy (non-hydrogen) atoms. The summed E-state index contributed by atoms with van der Waals surface area (Å²) in [5, 5.41) is 8.90. The zero-order chi connectivity index (χ0) is 19.3. The first-order valence-electron chi connectivity index (χ1n) is 9.30. The number of carbonyl (C=O) groups is 1. The highest BCUT2D eigenvalue weighted by atomic mass is 35.5. The molecule has 0 saturated carbocycles. The topological polar surface area (TPSA) is 59.2 Å². The Morgan fingerprint density at radius 3 is 2.43 bits per heavy atom. The maximum absolute atomic E-state index is 13.2. The molecule has 1 aromatic heterocycles. The molecular weight excluding hydrogens is 394 g/mol. The molecule has 0 aliphatic carbocycles. The SMILES string of the molecule is O=C([C@H](Sc1nnc(-c2ccc(Cl)cc2)o1)c1ccccc1)N1CCCCC1. The highest BCUT2D eigenvalue weighted by Gasteiger charge is 2.29. The van der Waals surface area contributed by atoms with Crippen molar-refractivity contribution < 1.29 is 9.21 Å². The largest absolute Gasteiger partial charge is 0.411 e. The number of carbonyl (C=O) groups excluding carboxylic acids is 1. The molecule has 1 atom stereocenters. The summed E-state index contributed by atoms with van der Waals surface area (Å²) in [5.74, 6) is 0.513. The third-order valence-corrected chi connectivity index (χ3v) is 6.04. The molecule has 0 radical (unpaired) electrons. The molecular formula is C21H20ClN3O2S. The van der Waals surface area contributed by atoms with Gasteiger partial charge >= 0.3 is 0 Å². The van der Waals surface area contributed by atoms with Gasteiger partial charge in [0.25, 0.3) is 5.22 Å². The average molecular weight is 414 g/mol. The van der Waals surface area contributed by atoms with Crippen LogP contribution in [-0.2, 0) is 4.79 Å². The third kappa shape index (κ3) is 4.39. The number of amides is 1. The van der Waals surface area contributed by atoms with E-state index in [0.29, 0.717) is 16.1 Å². The summed E-state index contributed by atoms with van der Waals surface area (Å²) in [5.41, 5.74) is 1.73. The van der Waals surface area contributed by atoms with Crippen molar-refractivity contribution in [3.8, 4) is 11.5 Å². The molecule has 4 rings (SSSR count). The fraction of sp³-hybridized carbons (Fsp3) is 0.286. The maximum Gasteiger partial charge on any atom is 0.277 e. The van der Waals surface area contributed by atoms with Gasteiger partial charge in [-0.05, 0) is 60.9 Å². The Bertz CT molecular complexity index is 924. The van der Waals surface area contributed by atoms with E-state index in [0.717, 1.165) is 37.1 Å². The minimum Gasteiger partial charge on any atom is -0.411 e. The predicted octanol–water partition coefficient (Wildman–Crippen LogP) is 5.24. The van der Waals surface area contributed by atoms with Crippen molar-refractivity contribution in [3.63, 3.8) is 0 Å². The smallest absolute Gasteiger partial charge is 0.277 e. The molecule has 7 heteroatoms. The van der Waals surface area contributed by atoms with Crippen molar-refractivity contribution in [3.05, 3.63) is 65.2 Å². The molecule has 2 heterocycles. The molecule has 0 unspecified atom stereocenters. The van der Waals surface area contributed by atoms with Crippen LogP contribution in [0.3, 0.4) is 0 Å². The molecule has 0 bridgehead atoms. The first-order valence-corrected chi connectivity index (χ1v) is 10.6. The van der Waals surface area contributed by atoms with Crippen LogP contribution in [0, 0.1) is 0 Å². The van der Waals surface area contributed by atoms with Crippen LogP contribution in [-0.4, -0.2) is 34.1 Å². The van der Waals surface area contributed by atoms with Gasteiger partial charge in [-0.2, -0.15) is 0 Å². The van der Waals surface area contributed by atoms with Crippen molar-refractivity contribution in [2.24, 2.45) is 0 Å². The van der Waals surface area contributed by atoms with Crippen LogP contribution in [0.15, 0.2) is 64.2 Å². The maximum atomic E-state index is 13.2. The minimum absolute atomic E-state index is 0.0992. The summed E-state index contributed by atoms with van der Waals surface area (Å²) in [4.78, 5) is 15.2. The number of thioether (sulfide) groups is 1. The van der Waals surface area contributed by atoms with Crippen LogP contribution in [0.1, 0.15) is 30.1 Å². The second-order valence-electron chi connectivity index (χ2n) is 6.67. The number of aromatic nitrogens is 2. The number of piperidine rings is 1. The van der Waals surface area contributed by atoms with Crippen LogP contribution in [0.5, 0.6) is 0 Å². The van der Waals surface area contributed by atoms with E-state index >= 15 is 0 Å². The van der Waals surface area contributed by atoms with Crippen LogP contribution in [0.25, 0.3) is 11.5 Å². The number of benzene rings is 2. The molecule has 1 fully saturated rings. The Kier molecular flexibility index (Phi) is 5.98. The number of halogens is 1. The molecule has 5 nitrogen and oxygen atoms in total. The van der Waals surface area contributed by atoms with Crippen LogP contribution in [0.2, 0.25) is 5.02 Å². The minimum atomic E-state index is -0.405. The standard InChI is InChI=1S/C21H20ClN3O2S/c22-17-11-9-16(10-12-17)19-23-24-21(27-19)28-18(15-7-3-1-4-8-15)20(26)25-13-5-2-6-14-25/h1,3-4,7-12,18H,2,5-6,13-14H2/t18-/m1/s1. The molecule has 0 N–H and O–H groups in total. The zero-order valence-electron chi connectivity index (χ0n) is 15.3. The molecule has 1 aliphatic rings. The number of likely N-dealkylation sites (tertiary alicyclic amines) is 1. The van der Waals surface area contributed by atoms with Gasteiger partial charge in [0.15, 0.2) is 0 Å². The number of hydrogen-bond acceptors (Lipinski definition) is 5. The summed E-state index contributed by atoms with van der Waals surface area (Å²) in [6, 6.07) is 17.0. The average Bonchev–Trinajstić information content (AvgIpc) is 3.22. The second kappa shape index (κ2) is 8.80. The quantitative estimate of drug-likeness (QED) is 0.535. The Morgan fingerprint density at radius 1 is 1.00 bits per heavy atom. The van der Waals surface area contributed by atoms with Gasteiger partial charge in [-0.3, -0.25) is 4.79 Å². The van der Waals surface area contributed by atoms with Crippen molar-refractivity contribution in [2.45, 2.75) is 29.7 Å². The van der Waals surface area contributed by atoms with Crippen molar-refractivity contribution >= 4 is 29.3 Å². The second-order valence-corrected chi connectivity index (χ2v) is 8.17. The van der Waals surface area contributed by atoms with Crippen LogP contribution >= 0.6 is 23.4 Å². The highest BCUT2D eigenvalue weighted by Crippen LogP contribution is 2.37. The number of hydrogen-bond donors (Lipinski definition) is 0. The van der Waals surface area contributed by atoms with Crippen molar-refractivity contribution in [1.82, 2.24) is 15.1 Å². The van der Waals surface area contributed by atoms with E-state index in [1.807, 2.05) is 47.4 Å². The molecule has 1 saturated heterocycles. The summed E-state index contributed by atoms with van der Waals surface area (Å²) in [6.45, 7) is 1.62. The summed E-state index contributed by atoms with van der Waals surface area (Å²) < 4.78 is 5.83. The van der Waals surface area contributed by atoms with E-state index in [1.165, 1.54) is 18.2 Å². The summed E-state index contributed by atoms with van der Waals surface area (Å²) >= 11 is 7.24. The normalized spacial score (nSPS) is 15.4. The molecule has 1 aliphatic heterocycles. The van der Waals surface area contributed by atoms with Gasteiger partial charge in [-0.15, -0.1) is 10.2 Å². The number of rotatable bonds is 5. The Morgan fingerprint density at radius 2 is 1.71 bits per heavy atom. The van der Waals surface area contributed by atoms with Gasteiger partial charge in [-0.1, -0.05) is 41.9 Å². The van der Waals surface area contributed by atoms with Gasteiger partial charge in [0, 0.05) is 23.7 Å².